The smallest absolute Gasteiger partial charge is 0.248 e. The molecule has 2 rings (SSSR count). The number of amides is 2. The van der Waals surface area contributed by atoms with Gasteiger partial charge in [-0.3, -0.25) is 14.5 Å². The highest BCUT2D eigenvalue weighted by Crippen LogP contribution is 2.23. The predicted molar refractivity (Wildman–Crippen MR) is 79.7 cm³/mol. The summed E-state index contributed by atoms with van der Waals surface area (Å²) in [6, 6.07) is 8.01. The summed E-state index contributed by atoms with van der Waals surface area (Å²) in [4.78, 5) is 27.4. The molecule has 0 N–H and O–H groups in total. The maximum absolute atomic E-state index is 12.1. The number of anilines is 1. The number of benzene rings is 1. The molecular weight excluding hydrogens is 266 g/mol. The van der Waals surface area contributed by atoms with Crippen molar-refractivity contribution in [3.05, 3.63) is 29.3 Å². The van der Waals surface area contributed by atoms with Crippen LogP contribution in [0.5, 0.6) is 0 Å². The quantitative estimate of drug-likeness (QED) is 0.625. The number of piperazine rings is 1. The molecule has 1 aromatic carbocycles. The molecule has 1 fully saturated rings. The van der Waals surface area contributed by atoms with Crippen molar-refractivity contribution >= 4 is 17.5 Å². The van der Waals surface area contributed by atoms with Crippen LogP contribution in [0, 0.1) is 25.2 Å². The number of imide groups is 1. The van der Waals surface area contributed by atoms with Crippen molar-refractivity contribution in [2.24, 2.45) is 0 Å². The maximum atomic E-state index is 12.1. The average molecular weight is 285 g/mol. The zero-order valence-electron chi connectivity index (χ0n) is 12.4. The van der Waals surface area contributed by atoms with E-state index in [0.717, 1.165) is 16.8 Å². The molecular formula is C16H19N3O2. The third kappa shape index (κ3) is 3.40. The molecule has 0 aliphatic carbocycles. The van der Waals surface area contributed by atoms with Gasteiger partial charge in [0.25, 0.3) is 0 Å². The number of nitriles is 1. The molecule has 1 heterocycles. The first-order valence-electron chi connectivity index (χ1n) is 7.05. The number of hydrogen-bond acceptors (Lipinski definition) is 4. The summed E-state index contributed by atoms with van der Waals surface area (Å²) in [5.41, 5.74) is 3.15. The molecule has 0 atom stereocenters. The minimum atomic E-state index is -0.191. The van der Waals surface area contributed by atoms with Gasteiger partial charge in [0.15, 0.2) is 0 Å². The van der Waals surface area contributed by atoms with Gasteiger partial charge in [0.1, 0.15) is 0 Å². The molecule has 1 saturated heterocycles. The minimum Gasteiger partial charge on any atom is -0.353 e. The van der Waals surface area contributed by atoms with Crippen LogP contribution in [-0.2, 0) is 9.59 Å². The van der Waals surface area contributed by atoms with E-state index in [4.69, 9.17) is 5.26 Å². The van der Waals surface area contributed by atoms with Crippen LogP contribution in [0.25, 0.3) is 0 Å². The van der Waals surface area contributed by atoms with Crippen molar-refractivity contribution in [3.8, 4) is 6.07 Å². The summed E-state index contributed by atoms with van der Waals surface area (Å²) in [6.07, 6.45) is 0.898. The topological polar surface area (TPSA) is 64.4 Å². The van der Waals surface area contributed by atoms with Crippen molar-refractivity contribution in [1.82, 2.24) is 4.90 Å². The lowest BCUT2D eigenvalue weighted by atomic mass is 10.1. The molecule has 110 valence electrons. The van der Waals surface area contributed by atoms with E-state index in [-0.39, 0.29) is 24.9 Å². The third-order valence-electron chi connectivity index (χ3n) is 3.62. The Morgan fingerprint density at radius 3 is 2.43 bits per heavy atom. The molecule has 0 saturated carbocycles. The number of hydrogen-bond donors (Lipinski definition) is 0. The molecule has 2 amide bonds. The molecule has 0 spiro atoms. The summed E-state index contributed by atoms with van der Waals surface area (Å²) in [5, 5.41) is 8.52. The Kier molecular flexibility index (Phi) is 4.59. The van der Waals surface area contributed by atoms with Crippen LogP contribution in [0.2, 0.25) is 0 Å². The Balaban J connectivity index is 2.09. The van der Waals surface area contributed by atoms with E-state index in [1.54, 1.807) is 0 Å². The van der Waals surface area contributed by atoms with Gasteiger partial charge >= 0.3 is 0 Å². The molecule has 0 aromatic heterocycles. The second-order valence-electron chi connectivity index (χ2n) is 5.35. The maximum Gasteiger partial charge on any atom is 0.248 e. The number of nitrogens with zero attached hydrogens (tertiary/aromatic N) is 3. The lowest BCUT2D eigenvalue weighted by Gasteiger charge is -2.34. The van der Waals surface area contributed by atoms with Crippen molar-refractivity contribution in [2.45, 2.75) is 26.7 Å². The van der Waals surface area contributed by atoms with E-state index in [0.29, 0.717) is 19.4 Å². The fourth-order valence-electron chi connectivity index (χ4n) is 2.59. The Morgan fingerprint density at radius 1 is 1.19 bits per heavy atom. The highest BCUT2D eigenvalue weighted by Gasteiger charge is 2.31. The SMILES string of the molecule is Cc1ccc(N2CC(=O)N(CCCC#N)C(=O)C2)c(C)c1. The van der Waals surface area contributed by atoms with Crippen molar-refractivity contribution in [1.29, 1.82) is 5.26 Å². The number of rotatable bonds is 4. The first-order valence-corrected chi connectivity index (χ1v) is 7.05. The van der Waals surface area contributed by atoms with Gasteiger partial charge in [-0.1, -0.05) is 17.7 Å². The number of carbonyl (C=O) groups excluding carboxylic acids is 2. The van der Waals surface area contributed by atoms with Gasteiger partial charge in [-0.15, -0.1) is 0 Å². The van der Waals surface area contributed by atoms with E-state index in [2.05, 4.69) is 0 Å². The lowest BCUT2D eigenvalue weighted by Crippen LogP contribution is -2.54. The summed E-state index contributed by atoms with van der Waals surface area (Å²) in [6.45, 7) is 4.76. The van der Waals surface area contributed by atoms with E-state index >= 15 is 0 Å². The van der Waals surface area contributed by atoms with Crippen LogP contribution in [0.4, 0.5) is 5.69 Å². The number of unbranched alkanes of at least 4 members (excludes halogenated alkanes) is 1. The fraction of sp³-hybridized carbons (Fsp3) is 0.438. The normalized spacial score (nSPS) is 15.3. The summed E-state index contributed by atoms with van der Waals surface area (Å²) in [7, 11) is 0. The average Bonchev–Trinajstić information content (AvgIpc) is 2.41. The van der Waals surface area contributed by atoms with E-state index in [1.165, 1.54) is 4.90 Å². The van der Waals surface area contributed by atoms with Gasteiger partial charge in [0, 0.05) is 18.7 Å². The largest absolute Gasteiger partial charge is 0.353 e. The van der Waals surface area contributed by atoms with Crippen LogP contribution < -0.4 is 4.90 Å². The molecule has 0 unspecified atom stereocenters. The predicted octanol–water partition coefficient (Wildman–Crippen LogP) is 1.78. The van der Waals surface area contributed by atoms with Gasteiger partial charge in [0.05, 0.1) is 19.2 Å². The van der Waals surface area contributed by atoms with Crippen LogP contribution in [-0.4, -0.2) is 36.3 Å². The Morgan fingerprint density at radius 2 is 1.86 bits per heavy atom. The Hall–Kier alpha value is -2.35. The van der Waals surface area contributed by atoms with Gasteiger partial charge in [-0.25, -0.2) is 0 Å². The second kappa shape index (κ2) is 6.40. The van der Waals surface area contributed by atoms with Gasteiger partial charge in [-0.05, 0) is 31.9 Å². The minimum absolute atomic E-state index is 0.191. The van der Waals surface area contributed by atoms with Crippen molar-refractivity contribution in [3.63, 3.8) is 0 Å². The van der Waals surface area contributed by atoms with Gasteiger partial charge in [-0.2, -0.15) is 5.26 Å². The van der Waals surface area contributed by atoms with E-state index in [9.17, 15) is 9.59 Å². The third-order valence-corrected chi connectivity index (χ3v) is 3.62. The lowest BCUT2D eigenvalue weighted by molar-refractivity contribution is -0.145. The van der Waals surface area contributed by atoms with Crippen LogP contribution in [0.3, 0.4) is 0 Å². The first kappa shape index (κ1) is 15.0. The van der Waals surface area contributed by atoms with E-state index in [1.807, 2.05) is 43.0 Å². The van der Waals surface area contributed by atoms with Crippen LogP contribution in [0.15, 0.2) is 18.2 Å². The number of carbonyl (C=O) groups is 2. The van der Waals surface area contributed by atoms with Crippen molar-refractivity contribution in [2.75, 3.05) is 24.5 Å². The highest BCUT2D eigenvalue weighted by atomic mass is 16.2. The molecule has 0 bridgehead atoms. The van der Waals surface area contributed by atoms with Crippen LogP contribution >= 0.6 is 0 Å². The summed E-state index contributed by atoms with van der Waals surface area (Å²) < 4.78 is 0. The van der Waals surface area contributed by atoms with Crippen LogP contribution in [0.1, 0.15) is 24.0 Å². The molecule has 0 radical (unpaired) electrons. The molecule has 1 aliphatic rings. The zero-order chi connectivity index (χ0) is 15.4. The van der Waals surface area contributed by atoms with E-state index < -0.39 is 0 Å². The first-order chi connectivity index (χ1) is 10.0. The molecule has 21 heavy (non-hydrogen) atoms. The monoisotopic (exact) mass is 285 g/mol. The molecule has 5 nitrogen and oxygen atoms in total. The zero-order valence-corrected chi connectivity index (χ0v) is 12.4. The molecule has 5 heteroatoms. The fourth-order valence-corrected chi connectivity index (χ4v) is 2.59. The standard InChI is InChI=1S/C16H19N3O2/c1-12-5-6-14(13(2)9-12)18-10-15(20)19(16(21)11-18)8-4-3-7-17/h5-6,9H,3-4,8,10-11H2,1-2H3. The molecule has 1 aliphatic heterocycles. The summed E-state index contributed by atoms with van der Waals surface area (Å²) >= 11 is 0. The molecule has 1 aromatic rings. The Bertz CT molecular complexity index is 586. The van der Waals surface area contributed by atoms with Gasteiger partial charge < -0.3 is 4.90 Å². The van der Waals surface area contributed by atoms with Gasteiger partial charge in [0.2, 0.25) is 11.8 Å². The Labute approximate surface area is 124 Å². The number of aryl methyl sites for hydroxylation is 2. The van der Waals surface area contributed by atoms with Crippen molar-refractivity contribution < 1.29 is 9.59 Å². The second-order valence-corrected chi connectivity index (χ2v) is 5.35. The summed E-state index contributed by atoms with van der Waals surface area (Å²) in [5.74, 6) is -0.381. The highest BCUT2D eigenvalue weighted by molar-refractivity contribution is 6.02.